The summed E-state index contributed by atoms with van der Waals surface area (Å²) in [6.45, 7) is 0. The number of nitrogens with one attached hydrogen (secondary N) is 1. The van der Waals surface area contributed by atoms with Crippen LogP contribution in [0.1, 0.15) is 24.3 Å². The van der Waals surface area contributed by atoms with E-state index in [1.165, 1.54) is 18.2 Å². The molecule has 0 heterocycles. The maximum absolute atomic E-state index is 12.6. The van der Waals surface area contributed by atoms with Gasteiger partial charge >= 0.3 is 5.97 Å². The molecule has 3 rings (SSSR count). The van der Waals surface area contributed by atoms with E-state index in [0.29, 0.717) is 16.3 Å². The number of halogens is 1. The molecule has 0 aliphatic heterocycles. The second-order valence-electron chi connectivity index (χ2n) is 6.95. The lowest BCUT2D eigenvalue weighted by atomic mass is 9.92. The average molecular weight is 455 g/mol. The smallest absolute Gasteiger partial charge is 0.303 e. The number of hydrogen-bond donors (Lipinski definition) is 2. The van der Waals surface area contributed by atoms with Crippen molar-refractivity contribution in [1.82, 2.24) is 0 Å². The van der Waals surface area contributed by atoms with Crippen LogP contribution in [0.15, 0.2) is 72.8 Å². The summed E-state index contributed by atoms with van der Waals surface area (Å²) < 4.78 is 5.61. The molecule has 0 aromatic heterocycles. The molecule has 0 saturated carbocycles. The Morgan fingerprint density at radius 1 is 1.00 bits per heavy atom. The van der Waals surface area contributed by atoms with E-state index in [2.05, 4.69) is 5.32 Å². The summed E-state index contributed by atoms with van der Waals surface area (Å²) in [7, 11) is 0. The molecule has 0 aliphatic carbocycles. The highest BCUT2D eigenvalue weighted by atomic mass is 35.5. The number of anilines is 1. The number of amides is 1. The maximum Gasteiger partial charge on any atom is 0.303 e. The summed E-state index contributed by atoms with van der Waals surface area (Å²) >= 11 is 5.88. The third-order valence-electron chi connectivity index (χ3n) is 4.61. The van der Waals surface area contributed by atoms with Crippen LogP contribution >= 0.6 is 11.6 Å². The zero-order chi connectivity index (χ0) is 23.1. The Morgan fingerprint density at radius 3 is 2.31 bits per heavy atom. The largest absolute Gasteiger partial charge is 0.481 e. The van der Waals surface area contributed by atoms with E-state index >= 15 is 0 Å². The predicted molar refractivity (Wildman–Crippen MR) is 119 cm³/mol. The number of carbonyl (C=O) groups is 2. The van der Waals surface area contributed by atoms with Crippen molar-refractivity contribution in [3.05, 3.63) is 93.5 Å². The van der Waals surface area contributed by atoms with Crippen LogP contribution in [0.3, 0.4) is 0 Å². The van der Waals surface area contributed by atoms with Crippen LogP contribution < -0.4 is 10.1 Å². The molecule has 0 bridgehead atoms. The van der Waals surface area contributed by atoms with Crippen molar-refractivity contribution < 1.29 is 24.4 Å². The van der Waals surface area contributed by atoms with E-state index in [9.17, 15) is 24.8 Å². The van der Waals surface area contributed by atoms with Gasteiger partial charge in [-0.1, -0.05) is 41.9 Å². The minimum Gasteiger partial charge on any atom is -0.481 e. The molecule has 3 aromatic rings. The Hall–Kier alpha value is -3.91. The molecule has 164 valence electrons. The molecule has 0 saturated heterocycles. The second-order valence-corrected chi connectivity index (χ2v) is 7.39. The zero-order valence-corrected chi connectivity index (χ0v) is 17.5. The number of nitro groups is 1. The highest BCUT2D eigenvalue weighted by Gasteiger charge is 2.22. The SMILES string of the molecule is O=C(O)CC(CC(=O)Nc1ccc(Oc2ccccc2)cc1[N+](=O)[O-])c1ccc(Cl)cc1. The first kappa shape index (κ1) is 22.8. The van der Waals surface area contributed by atoms with E-state index in [-0.39, 0.29) is 30.0 Å². The average Bonchev–Trinajstić information content (AvgIpc) is 2.75. The van der Waals surface area contributed by atoms with Gasteiger partial charge in [0.15, 0.2) is 0 Å². The molecular weight excluding hydrogens is 436 g/mol. The number of ether oxygens (including phenoxy) is 1. The normalized spacial score (nSPS) is 11.4. The van der Waals surface area contributed by atoms with Gasteiger partial charge in [0.2, 0.25) is 5.91 Å². The number of nitro benzene ring substituents is 1. The van der Waals surface area contributed by atoms with Gasteiger partial charge in [-0.25, -0.2) is 0 Å². The monoisotopic (exact) mass is 454 g/mol. The molecule has 1 amide bonds. The minimum absolute atomic E-state index is 0.00871. The first-order valence-corrected chi connectivity index (χ1v) is 9.98. The number of para-hydroxylation sites is 1. The van der Waals surface area contributed by atoms with Crippen molar-refractivity contribution in [3.8, 4) is 11.5 Å². The number of rotatable bonds is 9. The first-order chi connectivity index (χ1) is 15.3. The fourth-order valence-electron chi connectivity index (χ4n) is 3.13. The van der Waals surface area contributed by atoms with Gasteiger partial charge in [-0.2, -0.15) is 0 Å². The number of hydrogen-bond acceptors (Lipinski definition) is 5. The molecule has 9 heteroatoms. The van der Waals surface area contributed by atoms with Crippen molar-refractivity contribution in [2.45, 2.75) is 18.8 Å². The van der Waals surface area contributed by atoms with Gasteiger partial charge in [-0.05, 0) is 42.0 Å². The second kappa shape index (κ2) is 10.4. The van der Waals surface area contributed by atoms with Gasteiger partial charge in [-0.15, -0.1) is 0 Å². The fraction of sp³-hybridized carbons (Fsp3) is 0.130. The summed E-state index contributed by atoms with van der Waals surface area (Å²) in [5.74, 6) is -1.48. The Bertz CT molecular complexity index is 1120. The molecule has 32 heavy (non-hydrogen) atoms. The predicted octanol–water partition coefficient (Wildman–Crippen LogP) is 5.63. The van der Waals surface area contributed by atoms with Gasteiger partial charge in [0, 0.05) is 17.4 Å². The first-order valence-electron chi connectivity index (χ1n) is 9.60. The molecular formula is C23H19ClN2O6. The van der Waals surface area contributed by atoms with E-state index < -0.39 is 22.7 Å². The van der Waals surface area contributed by atoms with Gasteiger partial charge in [-0.3, -0.25) is 19.7 Å². The van der Waals surface area contributed by atoms with Crippen molar-refractivity contribution >= 4 is 34.9 Å². The highest BCUT2D eigenvalue weighted by molar-refractivity contribution is 6.30. The van der Waals surface area contributed by atoms with Crippen LogP contribution in [-0.4, -0.2) is 21.9 Å². The summed E-state index contributed by atoms with van der Waals surface area (Å²) in [6.07, 6.45) is -0.450. The van der Waals surface area contributed by atoms with Gasteiger partial charge in [0.1, 0.15) is 17.2 Å². The topological polar surface area (TPSA) is 119 Å². The summed E-state index contributed by atoms with van der Waals surface area (Å²) in [6, 6.07) is 19.4. The highest BCUT2D eigenvalue weighted by Crippen LogP contribution is 2.32. The van der Waals surface area contributed by atoms with Crippen LogP contribution in [0, 0.1) is 10.1 Å². The van der Waals surface area contributed by atoms with E-state index in [0.717, 1.165) is 0 Å². The van der Waals surface area contributed by atoms with Crippen LogP contribution in [0.2, 0.25) is 5.02 Å². The lowest BCUT2D eigenvalue weighted by Gasteiger charge is -2.16. The molecule has 0 fully saturated rings. The Balaban J connectivity index is 1.76. The number of carboxylic acids is 1. The fourth-order valence-corrected chi connectivity index (χ4v) is 3.26. The molecule has 1 unspecified atom stereocenters. The van der Waals surface area contributed by atoms with Gasteiger partial charge in [0.25, 0.3) is 5.69 Å². The summed E-state index contributed by atoms with van der Waals surface area (Å²) in [5.41, 5.74) is 0.284. The van der Waals surface area contributed by atoms with E-state index in [4.69, 9.17) is 16.3 Å². The van der Waals surface area contributed by atoms with Crippen molar-refractivity contribution in [3.63, 3.8) is 0 Å². The lowest BCUT2D eigenvalue weighted by molar-refractivity contribution is -0.384. The minimum atomic E-state index is -1.06. The quantitative estimate of drug-likeness (QED) is 0.319. The standard InChI is InChI=1S/C23H19ClN2O6/c24-17-8-6-15(7-9-17)16(13-23(28)29)12-22(27)25-20-11-10-19(14-21(20)26(30)31)32-18-4-2-1-3-5-18/h1-11,14,16H,12-13H2,(H,25,27)(H,28,29). The third-order valence-corrected chi connectivity index (χ3v) is 4.87. The Kier molecular flexibility index (Phi) is 7.41. The van der Waals surface area contributed by atoms with E-state index in [1.54, 1.807) is 48.5 Å². The molecule has 8 nitrogen and oxygen atoms in total. The van der Waals surface area contributed by atoms with Crippen LogP contribution in [0.25, 0.3) is 0 Å². The summed E-state index contributed by atoms with van der Waals surface area (Å²) in [4.78, 5) is 34.8. The molecule has 3 aromatic carbocycles. The summed E-state index contributed by atoms with van der Waals surface area (Å²) in [5, 5.41) is 23.7. The maximum atomic E-state index is 12.6. The lowest BCUT2D eigenvalue weighted by Crippen LogP contribution is -2.18. The van der Waals surface area contributed by atoms with Crippen molar-refractivity contribution in [2.24, 2.45) is 0 Å². The van der Waals surface area contributed by atoms with Gasteiger partial charge < -0.3 is 15.2 Å². The molecule has 0 aliphatic rings. The van der Waals surface area contributed by atoms with E-state index in [1.807, 2.05) is 6.07 Å². The number of nitrogens with zero attached hydrogens (tertiary/aromatic N) is 1. The molecule has 0 radical (unpaired) electrons. The van der Waals surface area contributed by atoms with Crippen molar-refractivity contribution in [1.29, 1.82) is 0 Å². The van der Waals surface area contributed by atoms with Crippen LogP contribution in [0.4, 0.5) is 11.4 Å². The Morgan fingerprint density at radius 2 is 1.69 bits per heavy atom. The number of aliphatic carboxylic acids is 1. The zero-order valence-electron chi connectivity index (χ0n) is 16.7. The number of carbonyl (C=O) groups excluding carboxylic acids is 1. The van der Waals surface area contributed by atoms with Crippen molar-refractivity contribution in [2.75, 3.05) is 5.32 Å². The van der Waals surface area contributed by atoms with Crippen LogP contribution in [-0.2, 0) is 9.59 Å². The third kappa shape index (κ3) is 6.29. The Labute approximate surface area is 188 Å². The number of carboxylic acid groups (broad SMARTS) is 1. The molecule has 2 N–H and O–H groups in total. The number of benzene rings is 3. The molecule has 1 atom stereocenters. The van der Waals surface area contributed by atoms with Crippen LogP contribution in [0.5, 0.6) is 11.5 Å². The molecule has 0 spiro atoms. The van der Waals surface area contributed by atoms with Gasteiger partial charge in [0.05, 0.1) is 17.4 Å².